The molecule has 2 N–H and O–H groups in total. The fraction of sp³-hybridized carbons (Fsp3) is 0.611. The molecule has 0 aliphatic carbocycles. The van der Waals surface area contributed by atoms with Crippen molar-refractivity contribution in [2.45, 2.75) is 45.5 Å². The molecule has 9 heteroatoms. The van der Waals surface area contributed by atoms with Gasteiger partial charge in [0.25, 0.3) is 5.91 Å². The van der Waals surface area contributed by atoms with Gasteiger partial charge in [0.05, 0.1) is 17.1 Å². The molecular formula is C18H25F3N4O2. The standard InChI is InChI=1S/C18H25F3N4O2/c1-11(2)14(22)16(27)24-7-8-25(17(3,4)10-24)15(26)12-5-6-13(23-9-12)18(19,20)21/h5-6,9,11,14H,7-8,10,22H2,1-4H3/t14-/m0/s1. The summed E-state index contributed by atoms with van der Waals surface area (Å²) in [5, 5.41) is 0. The molecule has 2 rings (SSSR count). The number of aromatic nitrogens is 1. The number of pyridine rings is 1. The average Bonchev–Trinajstić information content (AvgIpc) is 2.58. The fourth-order valence-corrected chi connectivity index (χ4v) is 3.06. The van der Waals surface area contributed by atoms with Crippen molar-refractivity contribution in [3.8, 4) is 0 Å². The van der Waals surface area contributed by atoms with Crippen molar-refractivity contribution >= 4 is 11.8 Å². The Balaban J connectivity index is 2.14. The molecule has 27 heavy (non-hydrogen) atoms. The third kappa shape index (κ3) is 4.58. The molecule has 1 aliphatic rings. The number of amides is 2. The number of carbonyl (C=O) groups is 2. The molecular weight excluding hydrogens is 361 g/mol. The molecule has 1 aliphatic heterocycles. The van der Waals surface area contributed by atoms with Crippen molar-refractivity contribution in [1.29, 1.82) is 0 Å². The van der Waals surface area contributed by atoms with Gasteiger partial charge in [-0.2, -0.15) is 13.2 Å². The molecule has 0 saturated carbocycles. The van der Waals surface area contributed by atoms with E-state index in [1.54, 1.807) is 9.80 Å². The van der Waals surface area contributed by atoms with Crippen LogP contribution in [0.5, 0.6) is 0 Å². The second kappa shape index (κ2) is 7.46. The largest absolute Gasteiger partial charge is 0.433 e. The van der Waals surface area contributed by atoms with Crippen molar-refractivity contribution in [3.63, 3.8) is 0 Å². The van der Waals surface area contributed by atoms with Crippen molar-refractivity contribution in [2.24, 2.45) is 11.7 Å². The van der Waals surface area contributed by atoms with Crippen molar-refractivity contribution in [1.82, 2.24) is 14.8 Å². The summed E-state index contributed by atoms with van der Waals surface area (Å²) in [6.07, 6.45) is -3.62. The Hall–Kier alpha value is -2.16. The minimum absolute atomic E-state index is 0.00139. The number of nitrogens with zero attached hydrogens (tertiary/aromatic N) is 3. The highest BCUT2D eigenvalue weighted by molar-refractivity contribution is 5.94. The smallest absolute Gasteiger partial charge is 0.337 e. The highest BCUT2D eigenvalue weighted by Crippen LogP contribution is 2.28. The van der Waals surface area contributed by atoms with E-state index < -0.39 is 29.4 Å². The van der Waals surface area contributed by atoms with Gasteiger partial charge in [-0.1, -0.05) is 13.8 Å². The van der Waals surface area contributed by atoms with Gasteiger partial charge >= 0.3 is 6.18 Å². The third-order valence-corrected chi connectivity index (χ3v) is 4.76. The maximum atomic E-state index is 12.8. The van der Waals surface area contributed by atoms with Gasteiger partial charge in [-0.25, -0.2) is 0 Å². The number of alkyl halides is 3. The number of carbonyl (C=O) groups excluding carboxylic acids is 2. The molecule has 2 amide bonds. The second-order valence-electron chi connectivity index (χ2n) is 7.73. The van der Waals surface area contributed by atoms with E-state index in [-0.39, 0.29) is 23.9 Å². The number of piperazine rings is 1. The zero-order valence-electron chi connectivity index (χ0n) is 15.9. The number of hydrogen-bond acceptors (Lipinski definition) is 4. The molecule has 0 spiro atoms. The van der Waals surface area contributed by atoms with Crippen LogP contribution in [0, 0.1) is 5.92 Å². The first-order chi connectivity index (χ1) is 12.3. The SMILES string of the molecule is CC(C)[C@H](N)C(=O)N1CCN(C(=O)c2ccc(C(F)(F)F)nc2)C(C)(C)C1. The summed E-state index contributed by atoms with van der Waals surface area (Å²) < 4.78 is 37.9. The Kier molecular flexibility index (Phi) is 5.84. The second-order valence-corrected chi connectivity index (χ2v) is 7.73. The van der Waals surface area contributed by atoms with E-state index >= 15 is 0 Å². The molecule has 0 unspecified atom stereocenters. The summed E-state index contributed by atoms with van der Waals surface area (Å²) in [7, 11) is 0. The Morgan fingerprint density at radius 1 is 1.22 bits per heavy atom. The summed E-state index contributed by atoms with van der Waals surface area (Å²) in [6, 6.07) is 1.31. The van der Waals surface area contributed by atoms with Gasteiger partial charge in [-0.05, 0) is 31.9 Å². The highest BCUT2D eigenvalue weighted by Gasteiger charge is 2.40. The van der Waals surface area contributed by atoms with Crippen LogP contribution in [0.1, 0.15) is 43.7 Å². The zero-order valence-corrected chi connectivity index (χ0v) is 15.9. The fourth-order valence-electron chi connectivity index (χ4n) is 3.06. The predicted molar refractivity (Wildman–Crippen MR) is 93.7 cm³/mol. The maximum Gasteiger partial charge on any atom is 0.433 e. The van der Waals surface area contributed by atoms with Crippen LogP contribution in [0.4, 0.5) is 13.2 Å². The predicted octanol–water partition coefficient (Wildman–Crippen LogP) is 2.15. The lowest BCUT2D eigenvalue weighted by molar-refractivity contribution is -0.141. The van der Waals surface area contributed by atoms with Crippen LogP contribution in [0.25, 0.3) is 0 Å². The third-order valence-electron chi connectivity index (χ3n) is 4.76. The molecule has 6 nitrogen and oxygen atoms in total. The van der Waals surface area contributed by atoms with Crippen molar-refractivity contribution in [3.05, 3.63) is 29.6 Å². The summed E-state index contributed by atoms with van der Waals surface area (Å²) in [6.45, 7) is 8.24. The monoisotopic (exact) mass is 386 g/mol. The van der Waals surface area contributed by atoms with E-state index in [0.717, 1.165) is 18.3 Å². The average molecular weight is 386 g/mol. The van der Waals surface area contributed by atoms with E-state index in [2.05, 4.69) is 4.98 Å². The lowest BCUT2D eigenvalue weighted by Crippen LogP contribution is -2.64. The first-order valence-electron chi connectivity index (χ1n) is 8.74. The summed E-state index contributed by atoms with van der Waals surface area (Å²) in [5.41, 5.74) is 4.29. The lowest BCUT2D eigenvalue weighted by Gasteiger charge is -2.47. The van der Waals surface area contributed by atoms with Crippen LogP contribution in [0.3, 0.4) is 0 Å². The van der Waals surface area contributed by atoms with Gasteiger partial charge in [0.2, 0.25) is 5.91 Å². The quantitative estimate of drug-likeness (QED) is 0.863. The number of nitrogens with two attached hydrogens (primary N) is 1. The zero-order chi connectivity index (χ0) is 20.6. The lowest BCUT2D eigenvalue weighted by atomic mass is 9.95. The van der Waals surface area contributed by atoms with Crippen molar-refractivity contribution < 1.29 is 22.8 Å². The Morgan fingerprint density at radius 2 is 1.85 bits per heavy atom. The molecule has 2 heterocycles. The van der Waals surface area contributed by atoms with Crippen LogP contribution in [0.2, 0.25) is 0 Å². The molecule has 0 radical (unpaired) electrons. The Labute approximate surface area is 156 Å². The van der Waals surface area contributed by atoms with Gasteiger partial charge < -0.3 is 15.5 Å². The molecule has 1 fully saturated rings. The molecule has 0 bridgehead atoms. The molecule has 150 valence electrons. The number of rotatable bonds is 3. The molecule has 0 aromatic carbocycles. The summed E-state index contributed by atoms with van der Waals surface area (Å²) >= 11 is 0. The first-order valence-corrected chi connectivity index (χ1v) is 8.74. The minimum Gasteiger partial charge on any atom is -0.337 e. The van der Waals surface area contributed by atoms with Crippen LogP contribution in [0.15, 0.2) is 18.3 Å². The molecule has 1 aromatic heterocycles. The molecule has 1 saturated heterocycles. The highest BCUT2D eigenvalue weighted by atomic mass is 19.4. The van der Waals surface area contributed by atoms with Gasteiger partial charge in [0.15, 0.2) is 0 Å². The van der Waals surface area contributed by atoms with E-state index in [1.807, 2.05) is 27.7 Å². The Morgan fingerprint density at radius 3 is 2.30 bits per heavy atom. The molecule has 1 atom stereocenters. The van der Waals surface area contributed by atoms with E-state index in [1.165, 1.54) is 0 Å². The van der Waals surface area contributed by atoms with E-state index in [4.69, 9.17) is 5.73 Å². The topological polar surface area (TPSA) is 79.5 Å². The van der Waals surface area contributed by atoms with Crippen molar-refractivity contribution in [2.75, 3.05) is 19.6 Å². The molecule has 1 aromatic rings. The first kappa shape index (κ1) is 21.1. The minimum atomic E-state index is -4.55. The van der Waals surface area contributed by atoms with E-state index in [9.17, 15) is 22.8 Å². The Bertz CT molecular complexity index is 702. The van der Waals surface area contributed by atoms with E-state index in [0.29, 0.717) is 13.1 Å². The summed E-state index contributed by atoms with van der Waals surface area (Å²) in [4.78, 5) is 31.8. The summed E-state index contributed by atoms with van der Waals surface area (Å²) in [5.74, 6) is -0.582. The van der Waals surface area contributed by atoms with Crippen LogP contribution in [-0.4, -0.2) is 57.8 Å². The maximum absolute atomic E-state index is 12.8. The van der Waals surface area contributed by atoms with Gasteiger partial charge in [-0.3, -0.25) is 14.6 Å². The van der Waals surface area contributed by atoms with Crippen LogP contribution in [-0.2, 0) is 11.0 Å². The van der Waals surface area contributed by atoms with Gasteiger partial charge in [0.1, 0.15) is 5.69 Å². The normalized spacial score (nSPS) is 18.6. The van der Waals surface area contributed by atoms with Gasteiger partial charge in [-0.15, -0.1) is 0 Å². The number of hydrogen-bond donors (Lipinski definition) is 1. The number of halogens is 3. The van der Waals surface area contributed by atoms with Crippen LogP contribution < -0.4 is 5.73 Å². The van der Waals surface area contributed by atoms with Gasteiger partial charge in [0, 0.05) is 25.8 Å². The van der Waals surface area contributed by atoms with Crippen LogP contribution >= 0.6 is 0 Å².